The Morgan fingerprint density at radius 2 is 2.00 bits per heavy atom. The van der Waals surface area contributed by atoms with Crippen molar-refractivity contribution in [3.63, 3.8) is 0 Å². The van der Waals surface area contributed by atoms with Crippen molar-refractivity contribution in [3.05, 3.63) is 35.4 Å². The Morgan fingerprint density at radius 3 is 2.65 bits per heavy atom. The van der Waals surface area contributed by atoms with Crippen LogP contribution in [0.25, 0.3) is 0 Å². The van der Waals surface area contributed by atoms with Gasteiger partial charge in [-0.15, -0.1) is 0 Å². The van der Waals surface area contributed by atoms with Crippen molar-refractivity contribution in [1.82, 2.24) is 4.90 Å². The van der Waals surface area contributed by atoms with Gasteiger partial charge in [-0.2, -0.15) is 0 Å². The van der Waals surface area contributed by atoms with E-state index in [0.717, 1.165) is 25.9 Å². The van der Waals surface area contributed by atoms with E-state index in [9.17, 15) is 4.79 Å². The number of aliphatic carboxylic acids is 1. The summed E-state index contributed by atoms with van der Waals surface area (Å²) >= 11 is 0. The molecule has 0 heterocycles. The number of rotatable bonds is 7. The van der Waals surface area contributed by atoms with Gasteiger partial charge in [0.25, 0.3) is 0 Å². The summed E-state index contributed by atoms with van der Waals surface area (Å²) in [6, 6.07) is 8.36. The quantitative estimate of drug-likeness (QED) is 0.739. The molecular weight excluding hydrogens is 214 g/mol. The van der Waals surface area contributed by atoms with E-state index in [0.29, 0.717) is 0 Å². The maximum absolute atomic E-state index is 10.4. The standard InChI is InChI=1S/C14H21NO2/c1-12-7-3-4-8-13(12)11-15(2)10-6-5-9-14(16)17/h3-4,7-8H,5-6,9-11H2,1-2H3,(H,16,17). The SMILES string of the molecule is Cc1ccccc1CN(C)CCCCC(=O)O. The molecule has 3 heteroatoms. The summed E-state index contributed by atoms with van der Waals surface area (Å²) in [7, 11) is 2.08. The third-order valence-corrected chi connectivity index (χ3v) is 2.88. The fourth-order valence-corrected chi connectivity index (χ4v) is 1.82. The lowest BCUT2D eigenvalue weighted by Gasteiger charge is -2.17. The van der Waals surface area contributed by atoms with E-state index in [-0.39, 0.29) is 6.42 Å². The van der Waals surface area contributed by atoms with Crippen LogP contribution in [0.5, 0.6) is 0 Å². The Labute approximate surface area is 103 Å². The zero-order valence-electron chi connectivity index (χ0n) is 10.6. The van der Waals surface area contributed by atoms with E-state index in [1.165, 1.54) is 11.1 Å². The van der Waals surface area contributed by atoms with Crippen molar-refractivity contribution in [3.8, 4) is 0 Å². The minimum Gasteiger partial charge on any atom is -0.481 e. The van der Waals surface area contributed by atoms with Gasteiger partial charge in [0.05, 0.1) is 0 Å². The van der Waals surface area contributed by atoms with Crippen molar-refractivity contribution in [2.24, 2.45) is 0 Å². The predicted octanol–water partition coefficient (Wildman–Crippen LogP) is 2.68. The molecule has 0 radical (unpaired) electrons. The van der Waals surface area contributed by atoms with Crippen molar-refractivity contribution < 1.29 is 9.90 Å². The van der Waals surface area contributed by atoms with Gasteiger partial charge >= 0.3 is 5.97 Å². The summed E-state index contributed by atoms with van der Waals surface area (Å²) < 4.78 is 0. The molecule has 0 unspecified atom stereocenters. The second-order valence-corrected chi connectivity index (χ2v) is 4.52. The van der Waals surface area contributed by atoms with Crippen LogP contribution in [-0.2, 0) is 11.3 Å². The molecule has 0 saturated heterocycles. The average molecular weight is 235 g/mol. The molecule has 1 aromatic carbocycles. The van der Waals surface area contributed by atoms with E-state index in [1.807, 2.05) is 6.07 Å². The summed E-state index contributed by atoms with van der Waals surface area (Å²) in [5, 5.41) is 8.54. The summed E-state index contributed by atoms with van der Waals surface area (Å²) in [6.07, 6.45) is 1.97. The molecule has 0 amide bonds. The Kier molecular flexibility index (Phi) is 5.70. The highest BCUT2D eigenvalue weighted by Gasteiger charge is 2.03. The van der Waals surface area contributed by atoms with Crippen LogP contribution in [0.1, 0.15) is 30.4 Å². The third-order valence-electron chi connectivity index (χ3n) is 2.88. The lowest BCUT2D eigenvalue weighted by molar-refractivity contribution is -0.137. The highest BCUT2D eigenvalue weighted by Crippen LogP contribution is 2.10. The first-order valence-corrected chi connectivity index (χ1v) is 6.04. The van der Waals surface area contributed by atoms with E-state index in [2.05, 4.69) is 37.1 Å². The van der Waals surface area contributed by atoms with Crippen LogP contribution in [0, 0.1) is 6.92 Å². The van der Waals surface area contributed by atoms with Gasteiger partial charge in [0.2, 0.25) is 0 Å². The predicted molar refractivity (Wildman–Crippen MR) is 69.0 cm³/mol. The lowest BCUT2D eigenvalue weighted by atomic mass is 10.1. The molecule has 1 N–H and O–H groups in total. The Hall–Kier alpha value is -1.35. The molecule has 0 aromatic heterocycles. The minimum atomic E-state index is -0.702. The summed E-state index contributed by atoms with van der Waals surface area (Å²) in [5.41, 5.74) is 2.65. The smallest absolute Gasteiger partial charge is 0.303 e. The van der Waals surface area contributed by atoms with Crippen LogP contribution in [0.15, 0.2) is 24.3 Å². The molecule has 0 aliphatic rings. The number of aryl methyl sites for hydroxylation is 1. The number of hydrogen-bond donors (Lipinski definition) is 1. The zero-order chi connectivity index (χ0) is 12.7. The molecule has 3 nitrogen and oxygen atoms in total. The molecule has 17 heavy (non-hydrogen) atoms. The first kappa shape index (κ1) is 13.7. The van der Waals surface area contributed by atoms with Crippen molar-refractivity contribution >= 4 is 5.97 Å². The maximum Gasteiger partial charge on any atom is 0.303 e. The monoisotopic (exact) mass is 235 g/mol. The summed E-state index contributed by atoms with van der Waals surface area (Å²) in [5.74, 6) is -0.702. The van der Waals surface area contributed by atoms with E-state index >= 15 is 0 Å². The number of carbonyl (C=O) groups is 1. The third kappa shape index (κ3) is 5.50. The van der Waals surface area contributed by atoms with E-state index < -0.39 is 5.97 Å². The lowest BCUT2D eigenvalue weighted by Crippen LogP contribution is -2.19. The van der Waals surface area contributed by atoms with Gasteiger partial charge in [-0.05, 0) is 44.5 Å². The molecule has 0 aliphatic carbocycles. The Bertz CT molecular complexity index is 363. The first-order chi connectivity index (χ1) is 8.09. The summed E-state index contributed by atoms with van der Waals surface area (Å²) in [4.78, 5) is 12.6. The normalized spacial score (nSPS) is 10.8. The average Bonchev–Trinajstić information content (AvgIpc) is 2.27. The fourth-order valence-electron chi connectivity index (χ4n) is 1.82. The minimum absolute atomic E-state index is 0.276. The second-order valence-electron chi connectivity index (χ2n) is 4.52. The highest BCUT2D eigenvalue weighted by molar-refractivity contribution is 5.66. The molecule has 1 rings (SSSR count). The van der Waals surface area contributed by atoms with Gasteiger partial charge in [-0.1, -0.05) is 24.3 Å². The zero-order valence-corrected chi connectivity index (χ0v) is 10.6. The van der Waals surface area contributed by atoms with Gasteiger partial charge in [0, 0.05) is 13.0 Å². The number of unbranched alkanes of at least 4 members (excludes halogenated alkanes) is 1. The van der Waals surface area contributed by atoms with Crippen LogP contribution < -0.4 is 0 Å². The van der Waals surface area contributed by atoms with Gasteiger partial charge in [-0.3, -0.25) is 4.79 Å². The van der Waals surface area contributed by atoms with Gasteiger partial charge in [0.1, 0.15) is 0 Å². The largest absolute Gasteiger partial charge is 0.481 e. The highest BCUT2D eigenvalue weighted by atomic mass is 16.4. The molecule has 0 saturated carbocycles. The number of carboxylic acid groups (broad SMARTS) is 1. The molecule has 0 bridgehead atoms. The van der Waals surface area contributed by atoms with Crippen LogP contribution in [0.3, 0.4) is 0 Å². The number of benzene rings is 1. The fraction of sp³-hybridized carbons (Fsp3) is 0.500. The van der Waals surface area contributed by atoms with E-state index in [1.54, 1.807) is 0 Å². The first-order valence-electron chi connectivity index (χ1n) is 6.04. The van der Waals surface area contributed by atoms with Crippen LogP contribution in [-0.4, -0.2) is 29.6 Å². The number of carboxylic acids is 1. The van der Waals surface area contributed by atoms with Gasteiger partial charge < -0.3 is 10.0 Å². The molecule has 0 atom stereocenters. The Balaban J connectivity index is 2.27. The number of nitrogens with zero attached hydrogens (tertiary/aromatic N) is 1. The maximum atomic E-state index is 10.4. The van der Waals surface area contributed by atoms with Crippen LogP contribution in [0.2, 0.25) is 0 Å². The van der Waals surface area contributed by atoms with Crippen LogP contribution in [0.4, 0.5) is 0 Å². The molecule has 94 valence electrons. The molecule has 1 aromatic rings. The number of hydrogen-bond acceptors (Lipinski definition) is 2. The Morgan fingerprint density at radius 1 is 1.29 bits per heavy atom. The molecular formula is C14H21NO2. The molecule has 0 aliphatic heterocycles. The molecule has 0 fully saturated rings. The second kappa shape index (κ2) is 7.07. The van der Waals surface area contributed by atoms with Crippen molar-refractivity contribution in [2.75, 3.05) is 13.6 Å². The van der Waals surface area contributed by atoms with Crippen molar-refractivity contribution in [2.45, 2.75) is 32.7 Å². The van der Waals surface area contributed by atoms with Gasteiger partial charge in [0.15, 0.2) is 0 Å². The van der Waals surface area contributed by atoms with Gasteiger partial charge in [-0.25, -0.2) is 0 Å². The van der Waals surface area contributed by atoms with Crippen molar-refractivity contribution in [1.29, 1.82) is 0 Å². The topological polar surface area (TPSA) is 40.5 Å². The van der Waals surface area contributed by atoms with E-state index in [4.69, 9.17) is 5.11 Å². The van der Waals surface area contributed by atoms with Crippen LogP contribution >= 0.6 is 0 Å². The summed E-state index contributed by atoms with van der Waals surface area (Å²) in [6.45, 7) is 4.00. The molecule has 0 spiro atoms.